The standard InChI is InChI=1S/C21H20ClF2N3O3/c22-14-6-7-16-17(18(14)24)21(8-1-9-26-11-21)30-20(29)27(16)19(28)15(25)10-12-2-4-13(23)5-3-12/h2-7,15,26H,1,8-11,25H2/t15-,21-/m0/s1. The van der Waals surface area contributed by atoms with Crippen molar-refractivity contribution in [1.82, 2.24) is 5.32 Å². The number of hydrogen-bond donors (Lipinski definition) is 2. The number of carbonyl (C=O) groups excluding carboxylic acids is 2. The van der Waals surface area contributed by atoms with Crippen LogP contribution in [-0.4, -0.2) is 31.1 Å². The van der Waals surface area contributed by atoms with Crippen LogP contribution in [0.2, 0.25) is 5.02 Å². The highest BCUT2D eigenvalue weighted by Gasteiger charge is 2.50. The fraction of sp³-hybridized carbons (Fsp3) is 0.333. The fourth-order valence-electron chi connectivity index (χ4n) is 4.04. The summed E-state index contributed by atoms with van der Waals surface area (Å²) in [5.41, 5.74) is 5.59. The molecule has 6 nitrogen and oxygen atoms in total. The maximum Gasteiger partial charge on any atom is 0.422 e. The van der Waals surface area contributed by atoms with Crippen LogP contribution in [0.1, 0.15) is 24.0 Å². The van der Waals surface area contributed by atoms with Gasteiger partial charge in [-0.25, -0.2) is 18.5 Å². The number of imide groups is 1. The number of nitrogens with zero attached hydrogens (tertiary/aromatic N) is 1. The summed E-state index contributed by atoms with van der Waals surface area (Å²) in [5.74, 6) is -1.88. The van der Waals surface area contributed by atoms with E-state index < -0.39 is 35.3 Å². The van der Waals surface area contributed by atoms with E-state index in [4.69, 9.17) is 22.1 Å². The molecule has 1 saturated heterocycles. The Morgan fingerprint density at radius 3 is 2.67 bits per heavy atom. The van der Waals surface area contributed by atoms with E-state index in [0.29, 0.717) is 24.9 Å². The first-order valence-corrected chi connectivity index (χ1v) is 9.96. The minimum absolute atomic E-state index is 0.0704. The van der Waals surface area contributed by atoms with E-state index in [1.54, 1.807) is 0 Å². The average molecular weight is 436 g/mol. The van der Waals surface area contributed by atoms with Crippen molar-refractivity contribution in [2.24, 2.45) is 5.73 Å². The van der Waals surface area contributed by atoms with Crippen LogP contribution in [0.5, 0.6) is 0 Å². The Morgan fingerprint density at radius 2 is 2.00 bits per heavy atom. The predicted octanol–water partition coefficient (Wildman–Crippen LogP) is 3.25. The molecule has 0 aromatic heterocycles. The van der Waals surface area contributed by atoms with Gasteiger partial charge in [-0.3, -0.25) is 4.79 Å². The second kappa shape index (κ2) is 7.94. The summed E-state index contributed by atoms with van der Waals surface area (Å²) in [7, 11) is 0. The van der Waals surface area contributed by atoms with Crippen molar-refractivity contribution < 1.29 is 23.1 Å². The quantitative estimate of drug-likeness (QED) is 0.773. The number of piperidine rings is 1. The highest BCUT2D eigenvalue weighted by atomic mass is 35.5. The van der Waals surface area contributed by atoms with Crippen LogP contribution in [-0.2, 0) is 21.6 Å². The van der Waals surface area contributed by atoms with Crippen LogP contribution < -0.4 is 16.0 Å². The van der Waals surface area contributed by atoms with Crippen molar-refractivity contribution in [3.8, 4) is 0 Å². The van der Waals surface area contributed by atoms with Gasteiger partial charge < -0.3 is 15.8 Å². The smallest absolute Gasteiger partial charge is 0.422 e. The number of carbonyl (C=O) groups is 2. The van der Waals surface area contributed by atoms with E-state index in [-0.39, 0.29) is 29.2 Å². The molecule has 0 bridgehead atoms. The topological polar surface area (TPSA) is 84.7 Å². The van der Waals surface area contributed by atoms with Crippen molar-refractivity contribution in [1.29, 1.82) is 0 Å². The first kappa shape index (κ1) is 20.7. The summed E-state index contributed by atoms with van der Waals surface area (Å²) in [6, 6.07) is 7.14. The molecule has 2 atom stereocenters. The lowest BCUT2D eigenvalue weighted by Gasteiger charge is -2.44. The van der Waals surface area contributed by atoms with Crippen molar-refractivity contribution >= 4 is 29.3 Å². The lowest BCUT2D eigenvalue weighted by atomic mass is 9.83. The summed E-state index contributed by atoms with van der Waals surface area (Å²) in [5, 5.41) is 2.99. The molecule has 1 fully saturated rings. The van der Waals surface area contributed by atoms with Crippen LogP contribution in [0, 0.1) is 11.6 Å². The number of rotatable bonds is 3. The molecule has 0 unspecified atom stereocenters. The molecule has 4 rings (SSSR count). The highest BCUT2D eigenvalue weighted by Crippen LogP contribution is 2.46. The molecule has 9 heteroatoms. The van der Waals surface area contributed by atoms with E-state index in [1.165, 1.54) is 36.4 Å². The van der Waals surface area contributed by atoms with Crippen LogP contribution in [0.15, 0.2) is 36.4 Å². The third kappa shape index (κ3) is 3.55. The SMILES string of the molecule is N[C@@H](Cc1ccc(F)cc1)C(=O)N1C(=O)O[C@]2(CCCNC2)c2c1ccc(Cl)c2F. The molecule has 30 heavy (non-hydrogen) atoms. The Morgan fingerprint density at radius 1 is 1.27 bits per heavy atom. The summed E-state index contributed by atoms with van der Waals surface area (Å²) in [4.78, 5) is 26.7. The first-order valence-electron chi connectivity index (χ1n) is 9.58. The minimum atomic E-state index is -1.24. The number of ether oxygens (including phenoxy) is 1. The van der Waals surface area contributed by atoms with Crippen LogP contribution in [0.25, 0.3) is 0 Å². The number of benzene rings is 2. The fourth-order valence-corrected chi connectivity index (χ4v) is 4.19. The van der Waals surface area contributed by atoms with Crippen LogP contribution in [0.4, 0.5) is 19.3 Å². The Bertz CT molecular complexity index is 994. The largest absolute Gasteiger partial charge is 0.436 e. The maximum atomic E-state index is 15.1. The van der Waals surface area contributed by atoms with Gasteiger partial charge in [0.15, 0.2) is 11.4 Å². The highest BCUT2D eigenvalue weighted by molar-refractivity contribution is 6.31. The van der Waals surface area contributed by atoms with Gasteiger partial charge in [0.1, 0.15) is 5.82 Å². The van der Waals surface area contributed by atoms with Gasteiger partial charge in [-0.2, -0.15) is 0 Å². The molecule has 0 saturated carbocycles. The average Bonchev–Trinajstić information content (AvgIpc) is 2.72. The molecule has 3 N–H and O–H groups in total. The summed E-state index contributed by atoms with van der Waals surface area (Å²) >= 11 is 6.00. The zero-order valence-electron chi connectivity index (χ0n) is 16.0. The molecule has 1 spiro atoms. The van der Waals surface area contributed by atoms with Crippen molar-refractivity contribution in [2.45, 2.75) is 30.9 Å². The van der Waals surface area contributed by atoms with Crippen molar-refractivity contribution in [2.75, 3.05) is 18.0 Å². The van der Waals surface area contributed by atoms with Gasteiger partial charge in [-0.1, -0.05) is 23.7 Å². The van der Waals surface area contributed by atoms with Crippen LogP contribution >= 0.6 is 11.6 Å². The molecule has 2 aromatic rings. The van der Waals surface area contributed by atoms with E-state index in [1.807, 2.05) is 0 Å². The normalized spacial score (nSPS) is 21.9. The molecule has 158 valence electrons. The molecule has 2 aliphatic heterocycles. The molecule has 0 radical (unpaired) electrons. The molecule has 2 heterocycles. The summed E-state index contributed by atoms with van der Waals surface area (Å²) in [6.45, 7) is 0.925. The predicted molar refractivity (Wildman–Crippen MR) is 107 cm³/mol. The molecule has 2 amide bonds. The number of amides is 2. The van der Waals surface area contributed by atoms with Gasteiger partial charge >= 0.3 is 6.09 Å². The van der Waals surface area contributed by atoms with Gasteiger partial charge in [0.2, 0.25) is 0 Å². The van der Waals surface area contributed by atoms with E-state index in [2.05, 4.69) is 5.32 Å². The van der Waals surface area contributed by atoms with E-state index in [9.17, 15) is 14.0 Å². The second-order valence-corrected chi connectivity index (χ2v) is 7.92. The Hall–Kier alpha value is -2.55. The monoisotopic (exact) mass is 435 g/mol. The van der Waals surface area contributed by atoms with Gasteiger partial charge in [0, 0.05) is 6.54 Å². The van der Waals surface area contributed by atoms with Gasteiger partial charge in [0.25, 0.3) is 5.91 Å². The van der Waals surface area contributed by atoms with Crippen molar-refractivity contribution in [3.05, 3.63) is 64.2 Å². The zero-order chi connectivity index (χ0) is 21.5. The third-order valence-electron chi connectivity index (χ3n) is 5.49. The first-order chi connectivity index (χ1) is 14.3. The van der Waals surface area contributed by atoms with Gasteiger partial charge in [-0.05, 0) is 55.6 Å². The Labute approximate surface area is 176 Å². The molecular formula is C21H20ClF2N3O3. The summed E-state index contributed by atoms with van der Waals surface area (Å²) < 4.78 is 33.8. The zero-order valence-corrected chi connectivity index (χ0v) is 16.7. The molecular weight excluding hydrogens is 416 g/mol. The number of anilines is 1. The number of nitrogens with one attached hydrogen (secondary N) is 1. The second-order valence-electron chi connectivity index (χ2n) is 7.51. The number of hydrogen-bond acceptors (Lipinski definition) is 5. The molecule has 0 aliphatic carbocycles. The van der Waals surface area contributed by atoms with E-state index >= 15 is 4.39 Å². The van der Waals surface area contributed by atoms with Gasteiger partial charge in [-0.15, -0.1) is 0 Å². The summed E-state index contributed by atoms with van der Waals surface area (Å²) in [6.07, 6.45) is 0.227. The van der Waals surface area contributed by atoms with E-state index in [0.717, 1.165) is 4.90 Å². The van der Waals surface area contributed by atoms with Crippen molar-refractivity contribution in [3.63, 3.8) is 0 Å². The number of halogens is 3. The van der Waals surface area contributed by atoms with Crippen LogP contribution in [0.3, 0.4) is 0 Å². The third-order valence-corrected chi connectivity index (χ3v) is 5.78. The molecule has 2 aliphatic rings. The number of nitrogens with two attached hydrogens (primary N) is 1. The lowest BCUT2D eigenvalue weighted by molar-refractivity contribution is -0.120. The lowest BCUT2D eigenvalue weighted by Crippen LogP contribution is -2.57. The minimum Gasteiger partial charge on any atom is -0.436 e. The number of fused-ring (bicyclic) bond motifs is 2. The Balaban J connectivity index is 1.70. The maximum absolute atomic E-state index is 15.1. The van der Waals surface area contributed by atoms with Gasteiger partial charge in [0.05, 0.1) is 22.3 Å². The Kier molecular flexibility index (Phi) is 5.48. The molecule has 2 aromatic carbocycles.